The van der Waals surface area contributed by atoms with Crippen LogP contribution >= 0.6 is 0 Å². The van der Waals surface area contributed by atoms with Gasteiger partial charge in [-0.25, -0.2) is 4.79 Å². The Balaban J connectivity index is -0.000000304. The van der Waals surface area contributed by atoms with Gasteiger partial charge in [0.2, 0.25) is 0 Å². The van der Waals surface area contributed by atoms with Crippen molar-refractivity contribution in [3.8, 4) is 12.1 Å². The van der Waals surface area contributed by atoms with Gasteiger partial charge in [0.25, 0.3) is 0 Å². The molecule has 1 N–H and O–H groups in total. The first-order valence-corrected chi connectivity index (χ1v) is 8.18. The van der Waals surface area contributed by atoms with Crippen molar-refractivity contribution in [1.82, 2.24) is 0 Å². The molecule has 4 nitrogen and oxygen atoms in total. The highest BCUT2D eigenvalue weighted by atomic mass is 16.4. The number of benzene rings is 2. The van der Waals surface area contributed by atoms with Gasteiger partial charge in [0.05, 0.1) is 12.1 Å². The predicted octanol–water partition coefficient (Wildman–Crippen LogP) is 6.31. The summed E-state index contributed by atoms with van der Waals surface area (Å²) in [5.41, 5.74) is 2.35. The fourth-order valence-corrected chi connectivity index (χ4v) is 1.18. The summed E-state index contributed by atoms with van der Waals surface area (Å²) in [4.78, 5) is 9.25. The molecule has 4 heteroatoms. The summed E-state index contributed by atoms with van der Waals surface area (Å²) in [7, 11) is 0. The van der Waals surface area contributed by atoms with E-state index in [2.05, 4.69) is 32.9 Å². The number of nitrogens with zero attached hydrogens (tertiary/aromatic N) is 2. The lowest BCUT2D eigenvalue weighted by molar-refractivity contribution is -0.131. The number of carbonyl (C=O) groups is 1. The lowest BCUT2D eigenvalue weighted by atomic mass is 10.2. The van der Waals surface area contributed by atoms with E-state index < -0.39 is 5.97 Å². The zero-order valence-electron chi connectivity index (χ0n) is 16.4. The Labute approximate surface area is 174 Å². The molecule has 2 aromatic carbocycles. The second-order valence-electron chi connectivity index (χ2n) is 4.44. The molecule has 0 aliphatic carbocycles. The van der Waals surface area contributed by atoms with Gasteiger partial charge in [0.1, 0.15) is 0 Å². The van der Waals surface area contributed by atoms with Crippen LogP contribution in [0.5, 0.6) is 0 Å². The molecule has 2 rings (SSSR count). The summed E-state index contributed by atoms with van der Waals surface area (Å²) in [6, 6.07) is 23.4. The number of hydrogen-bond acceptors (Lipinski definition) is 3. The summed E-state index contributed by atoms with van der Waals surface area (Å²) < 4.78 is 0. The molecule has 0 heterocycles. The third-order valence-corrected chi connectivity index (χ3v) is 2.43. The maximum atomic E-state index is 9.25. The van der Waals surface area contributed by atoms with Crippen LogP contribution < -0.4 is 0 Å². The van der Waals surface area contributed by atoms with Crippen molar-refractivity contribution in [1.29, 1.82) is 10.5 Å². The largest absolute Gasteiger partial charge is 0.478 e. The summed E-state index contributed by atoms with van der Waals surface area (Å²) in [6.07, 6.45) is 6.86. The zero-order chi connectivity index (χ0) is 22.8. The minimum atomic E-state index is -0.981. The summed E-state index contributed by atoms with van der Waals surface area (Å²) >= 11 is 0. The fourth-order valence-electron chi connectivity index (χ4n) is 1.18. The predicted molar refractivity (Wildman–Crippen MR) is 123 cm³/mol. The van der Waals surface area contributed by atoms with Crippen LogP contribution in [0.3, 0.4) is 0 Å². The van der Waals surface area contributed by atoms with E-state index in [0.29, 0.717) is 0 Å². The molecule has 0 fully saturated rings. The molecule has 2 aromatic rings. The lowest BCUT2D eigenvalue weighted by Gasteiger charge is -1.85. The van der Waals surface area contributed by atoms with Crippen LogP contribution in [0, 0.1) is 22.7 Å². The third kappa shape index (κ3) is 28.7. The van der Waals surface area contributed by atoms with E-state index in [4.69, 9.17) is 15.6 Å². The average molecular weight is 386 g/mol. The summed E-state index contributed by atoms with van der Waals surface area (Å²) in [5.74, 6) is -0.981. The highest BCUT2D eigenvalue weighted by Gasteiger charge is 1.76. The van der Waals surface area contributed by atoms with Crippen molar-refractivity contribution < 1.29 is 9.90 Å². The normalized spacial score (nSPS) is 6.83. The van der Waals surface area contributed by atoms with E-state index in [0.717, 1.165) is 6.08 Å². The molecule has 0 bridgehead atoms. The minimum absolute atomic E-state index is 0.833. The molecular weight excluding hydrogens is 360 g/mol. The average Bonchev–Trinajstić information content (AvgIpc) is 2.81. The molecule has 29 heavy (non-hydrogen) atoms. The van der Waals surface area contributed by atoms with Gasteiger partial charge in [-0.1, -0.05) is 106 Å². The molecule has 0 aliphatic heterocycles. The molecule has 148 valence electrons. The second kappa shape index (κ2) is 25.8. The van der Waals surface area contributed by atoms with Gasteiger partial charge in [-0.05, 0) is 11.1 Å². The van der Waals surface area contributed by atoms with Crippen LogP contribution in [0.25, 0.3) is 12.2 Å². The highest BCUT2D eigenvalue weighted by Crippen LogP contribution is 1.98. The molecule has 0 radical (unpaired) electrons. The van der Waals surface area contributed by atoms with Gasteiger partial charge < -0.3 is 5.11 Å². The number of hydrogen-bond donors (Lipinski definition) is 1. The molecule has 0 spiro atoms. The molecule has 0 aromatic heterocycles. The van der Waals surface area contributed by atoms with Crippen LogP contribution in [0.15, 0.2) is 112 Å². The van der Waals surface area contributed by atoms with Crippen molar-refractivity contribution in [2.45, 2.75) is 0 Å². The number of carboxylic acid groups (broad SMARTS) is 1. The maximum absolute atomic E-state index is 9.25. The smallest absolute Gasteiger partial charge is 0.327 e. The number of allylic oxidation sites excluding steroid dienone is 2. The Morgan fingerprint density at radius 2 is 0.966 bits per heavy atom. The van der Waals surface area contributed by atoms with Gasteiger partial charge in [0, 0.05) is 18.2 Å². The van der Waals surface area contributed by atoms with E-state index in [1.807, 2.05) is 72.8 Å². The van der Waals surface area contributed by atoms with Gasteiger partial charge >= 0.3 is 5.97 Å². The molecule has 0 saturated carbocycles. The van der Waals surface area contributed by atoms with E-state index in [9.17, 15) is 4.79 Å². The van der Waals surface area contributed by atoms with Crippen LogP contribution in [0.4, 0.5) is 0 Å². The molecule has 0 atom stereocenters. The molecule has 0 amide bonds. The van der Waals surface area contributed by atoms with Crippen LogP contribution in [-0.4, -0.2) is 11.1 Å². The number of rotatable bonds is 3. The summed E-state index contributed by atoms with van der Waals surface area (Å²) in [5, 5.41) is 22.6. The van der Waals surface area contributed by atoms with Crippen molar-refractivity contribution in [2.24, 2.45) is 0 Å². The van der Waals surface area contributed by atoms with E-state index in [1.165, 1.54) is 23.3 Å². The quantitative estimate of drug-likeness (QED) is 0.495. The van der Waals surface area contributed by atoms with E-state index >= 15 is 0 Å². The topological polar surface area (TPSA) is 84.9 Å². The Hall–Kier alpha value is -4.41. The van der Waals surface area contributed by atoms with Crippen molar-refractivity contribution >= 4 is 18.1 Å². The van der Waals surface area contributed by atoms with Crippen LogP contribution in [0.2, 0.25) is 0 Å². The van der Waals surface area contributed by atoms with Gasteiger partial charge in [0.15, 0.2) is 0 Å². The number of nitriles is 2. The second-order valence-corrected chi connectivity index (χ2v) is 4.44. The Bertz CT molecular complexity index is 735. The van der Waals surface area contributed by atoms with Crippen LogP contribution in [0.1, 0.15) is 11.1 Å². The SMILES string of the molecule is C=CC#N.C=CC#N.C=CC(=O)O.C=Cc1ccccc1.C=Cc1ccccc1. The Morgan fingerprint density at radius 1 is 0.724 bits per heavy atom. The Kier molecular flexibility index (Phi) is 26.1. The van der Waals surface area contributed by atoms with E-state index in [-0.39, 0.29) is 0 Å². The fraction of sp³-hybridized carbons (Fsp3) is 0. The first-order valence-electron chi connectivity index (χ1n) is 8.18. The van der Waals surface area contributed by atoms with Crippen molar-refractivity contribution in [3.05, 3.63) is 123 Å². The molecular formula is C25H26N2O2. The zero-order valence-corrected chi connectivity index (χ0v) is 16.4. The minimum Gasteiger partial charge on any atom is -0.478 e. The first-order chi connectivity index (χ1) is 14.0. The van der Waals surface area contributed by atoms with Crippen molar-refractivity contribution in [2.75, 3.05) is 0 Å². The van der Waals surface area contributed by atoms with Gasteiger partial charge in [-0.2, -0.15) is 10.5 Å². The van der Waals surface area contributed by atoms with E-state index in [1.54, 1.807) is 12.1 Å². The first kappa shape index (κ1) is 29.4. The van der Waals surface area contributed by atoms with Crippen LogP contribution in [-0.2, 0) is 4.79 Å². The standard InChI is InChI=1S/2C8H8.2C3H3N.C3H4O2/c2*1-2-8-6-4-3-5-7-8;2*1-2-3-4;1-2-3(4)5/h2*2-7H,1H2;2*2H,1H2;2H,1H2,(H,4,5). The van der Waals surface area contributed by atoms with Gasteiger partial charge in [-0.15, -0.1) is 0 Å². The van der Waals surface area contributed by atoms with Crippen molar-refractivity contribution in [3.63, 3.8) is 0 Å². The monoisotopic (exact) mass is 386 g/mol. The number of aliphatic carboxylic acids is 1. The Morgan fingerprint density at radius 3 is 1.07 bits per heavy atom. The van der Waals surface area contributed by atoms with Gasteiger partial charge in [-0.3, -0.25) is 0 Å². The number of carboxylic acids is 1. The third-order valence-electron chi connectivity index (χ3n) is 2.43. The maximum Gasteiger partial charge on any atom is 0.327 e. The molecule has 0 unspecified atom stereocenters. The lowest BCUT2D eigenvalue weighted by Crippen LogP contribution is -1.82. The molecule has 0 saturated heterocycles. The summed E-state index contributed by atoms with van der Waals surface area (Å²) in [6.45, 7) is 16.5. The molecule has 0 aliphatic rings. The highest BCUT2D eigenvalue weighted by molar-refractivity contribution is 5.78.